The van der Waals surface area contributed by atoms with Crippen molar-refractivity contribution in [3.8, 4) is 11.6 Å². The quantitative estimate of drug-likeness (QED) is 0.820. The fraction of sp³-hybridized carbons (Fsp3) is 0.273. The van der Waals surface area contributed by atoms with Gasteiger partial charge in [-0.05, 0) is 25.0 Å². The maximum Gasteiger partial charge on any atom is 0.292 e. The minimum absolute atomic E-state index is 0.0149. The van der Waals surface area contributed by atoms with Gasteiger partial charge in [0.2, 0.25) is 0 Å². The first kappa shape index (κ1) is 10.7. The highest BCUT2D eigenvalue weighted by Crippen LogP contribution is 2.20. The molecular formula is C11H11N5O2. The number of amides is 1. The summed E-state index contributed by atoms with van der Waals surface area (Å²) in [5, 5.41) is 6.40. The van der Waals surface area contributed by atoms with E-state index in [2.05, 4.69) is 20.4 Å². The maximum absolute atomic E-state index is 11.7. The number of carbonyl (C=O) groups excluding carboxylic acids is 1. The second-order valence-electron chi connectivity index (χ2n) is 4.12. The van der Waals surface area contributed by atoms with E-state index in [-0.39, 0.29) is 23.7 Å². The molecule has 0 aromatic carbocycles. The molecule has 0 aliphatic heterocycles. The van der Waals surface area contributed by atoms with Crippen molar-refractivity contribution in [1.29, 1.82) is 0 Å². The van der Waals surface area contributed by atoms with Crippen molar-refractivity contribution in [2.75, 3.05) is 5.73 Å². The highest BCUT2D eigenvalue weighted by atomic mass is 16.5. The molecule has 1 amide bonds. The van der Waals surface area contributed by atoms with E-state index in [1.54, 1.807) is 18.2 Å². The van der Waals surface area contributed by atoms with Crippen LogP contribution in [0.1, 0.15) is 23.5 Å². The number of hydrogen-bond donors (Lipinski definition) is 2. The van der Waals surface area contributed by atoms with Crippen LogP contribution in [0.3, 0.4) is 0 Å². The van der Waals surface area contributed by atoms with Crippen LogP contribution in [0.4, 0.5) is 5.82 Å². The van der Waals surface area contributed by atoms with Gasteiger partial charge in [-0.15, -0.1) is 0 Å². The van der Waals surface area contributed by atoms with Gasteiger partial charge in [-0.25, -0.2) is 4.98 Å². The molecule has 2 aromatic rings. The minimum atomic E-state index is -0.323. The predicted octanol–water partition coefficient (Wildman–Crippen LogP) is 0.606. The van der Waals surface area contributed by atoms with Gasteiger partial charge >= 0.3 is 0 Å². The lowest BCUT2D eigenvalue weighted by molar-refractivity contribution is 0.0937. The van der Waals surface area contributed by atoms with Crippen LogP contribution in [0.2, 0.25) is 0 Å². The summed E-state index contributed by atoms with van der Waals surface area (Å²) in [5.41, 5.74) is 6.01. The van der Waals surface area contributed by atoms with Crippen molar-refractivity contribution in [2.45, 2.75) is 18.9 Å². The Morgan fingerprint density at radius 3 is 2.94 bits per heavy atom. The topological polar surface area (TPSA) is 107 Å². The van der Waals surface area contributed by atoms with Crippen molar-refractivity contribution in [3.05, 3.63) is 24.0 Å². The lowest BCUT2D eigenvalue weighted by Crippen LogP contribution is -2.26. The number of nitrogens with zero attached hydrogens (tertiary/aromatic N) is 3. The van der Waals surface area contributed by atoms with Crippen LogP contribution in [0.5, 0.6) is 0 Å². The SMILES string of the molecule is Nc1cccc(-c2nc(C(=O)NC3CC3)no2)n1. The van der Waals surface area contributed by atoms with Crippen molar-refractivity contribution < 1.29 is 9.32 Å². The van der Waals surface area contributed by atoms with E-state index in [0.717, 1.165) is 12.8 Å². The fourth-order valence-electron chi connectivity index (χ4n) is 1.47. The summed E-state index contributed by atoms with van der Waals surface area (Å²) >= 11 is 0. The zero-order valence-electron chi connectivity index (χ0n) is 9.46. The van der Waals surface area contributed by atoms with Gasteiger partial charge in [0.1, 0.15) is 11.5 Å². The number of carbonyl (C=O) groups is 1. The Morgan fingerprint density at radius 1 is 1.39 bits per heavy atom. The van der Waals surface area contributed by atoms with E-state index >= 15 is 0 Å². The molecule has 92 valence electrons. The summed E-state index contributed by atoms with van der Waals surface area (Å²) in [7, 11) is 0. The Hall–Kier alpha value is -2.44. The zero-order valence-corrected chi connectivity index (χ0v) is 9.46. The van der Waals surface area contributed by atoms with Crippen LogP contribution in [0, 0.1) is 0 Å². The molecule has 1 fully saturated rings. The molecule has 0 bridgehead atoms. The molecule has 3 rings (SSSR count). The number of hydrogen-bond acceptors (Lipinski definition) is 6. The second-order valence-corrected chi connectivity index (χ2v) is 4.12. The summed E-state index contributed by atoms with van der Waals surface area (Å²) in [6.45, 7) is 0. The second kappa shape index (κ2) is 4.10. The Bertz CT molecular complexity index is 591. The molecule has 3 N–H and O–H groups in total. The Balaban J connectivity index is 1.82. The number of anilines is 1. The molecule has 18 heavy (non-hydrogen) atoms. The maximum atomic E-state index is 11.7. The number of rotatable bonds is 3. The van der Waals surface area contributed by atoms with Crippen LogP contribution in [0.15, 0.2) is 22.7 Å². The lowest BCUT2D eigenvalue weighted by Gasteiger charge is -1.96. The van der Waals surface area contributed by atoms with E-state index in [4.69, 9.17) is 10.3 Å². The van der Waals surface area contributed by atoms with Crippen molar-refractivity contribution >= 4 is 11.7 Å². The number of nitrogen functional groups attached to an aromatic ring is 1. The summed E-state index contributed by atoms with van der Waals surface area (Å²) in [5.74, 6) is 0.232. The number of nitrogens with two attached hydrogens (primary N) is 1. The average molecular weight is 245 g/mol. The van der Waals surface area contributed by atoms with Crippen molar-refractivity contribution in [1.82, 2.24) is 20.4 Å². The van der Waals surface area contributed by atoms with Gasteiger partial charge in [0.25, 0.3) is 17.6 Å². The molecule has 0 atom stereocenters. The number of pyridine rings is 1. The predicted molar refractivity (Wildman–Crippen MR) is 62.4 cm³/mol. The highest BCUT2D eigenvalue weighted by Gasteiger charge is 2.26. The monoisotopic (exact) mass is 245 g/mol. The van der Waals surface area contributed by atoms with Gasteiger partial charge in [0.05, 0.1) is 0 Å². The van der Waals surface area contributed by atoms with E-state index in [1.165, 1.54) is 0 Å². The molecule has 2 aromatic heterocycles. The largest absolute Gasteiger partial charge is 0.384 e. The molecule has 7 heteroatoms. The summed E-state index contributed by atoms with van der Waals surface area (Å²) in [6, 6.07) is 5.32. The molecule has 0 radical (unpaired) electrons. The lowest BCUT2D eigenvalue weighted by atomic mass is 10.3. The Morgan fingerprint density at radius 2 is 2.22 bits per heavy atom. The molecule has 7 nitrogen and oxygen atoms in total. The zero-order chi connectivity index (χ0) is 12.5. The summed E-state index contributed by atoms with van der Waals surface area (Å²) in [6.07, 6.45) is 2.01. The van der Waals surface area contributed by atoms with Gasteiger partial charge in [-0.1, -0.05) is 11.2 Å². The van der Waals surface area contributed by atoms with Crippen LogP contribution in [0.25, 0.3) is 11.6 Å². The van der Waals surface area contributed by atoms with Crippen LogP contribution < -0.4 is 11.1 Å². The molecule has 0 saturated heterocycles. The molecule has 0 spiro atoms. The molecule has 1 saturated carbocycles. The van der Waals surface area contributed by atoms with Gasteiger partial charge < -0.3 is 15.6 Å². The normalized spacial score (nSPS) is 14.4. The average Bonchev–Trinajstić information content (AvgIpc) is 3.03. The van der Waals surface area contributed by atoms with Crippen LogP contribution >= 0.6 is 0 Å². The fourth-order valence-corrected chi connectivity index (χ4v) is 1.47. The smallest absolute Gasteiger partial charge is 0.292 e. The molecule has 1 aliphatic rings. The first-order chi connectivity index (χ1) is 8.72. The number of nitrogens with one attached hydrogen (secondary N) is 1. The van der Waals surface area contributed by atoms with E-state index in [0.29, 0.717) is 11.5 Å². The van der Waals surface area contributed by atoms with E-state index in [9.17, 15) is 4.79 Å². The molecule has 1 aliphatic carbocycles. The Kier molecular flexibility index (Phi) is 2.44. The van der Waals surface area contributed by atoms with Crippen LogP contribution in [-0.2, 0) is 0 Å². The van der Waals surface area contributed by atoms with E-state index < -0.39 is 0 Å². The van der Waals surface area contributed by atoms with Gasteiger partial charge in [-0.2, -0.15) is 4.98 Å². The van der Waals surface area contributed by atoms with Crippen molar-refractivity contribution in [2.24, 2.45) is 0 Å². The summed E-state index contributed by atoms with van der Waals surface area (Å²) in [4.78, 5) is 19.7. The molecule has 0 unspecified atom stereocenters. The molecule has 2 heterocycles. The molecular weight excluding hydrogens is 234 g/mol. The van der Waals surface area contributed by atoms with E-state index in [1.807, 2.05) is 0 Å². The van der Waals surface area contributed by atoms with Gasteiger partial charge in [0.15, 0.2) is 0 Å². The first-order valence-corrected chi connectivity index (χ1v) is 5.60. The third-order valence-electron chi connectivity index (χ3n) is 2.53. The first-order valence-electron chi connectivity index (χ1n) is 5.60. The van der Waals surface area contributed by atoms with Crippen molar-refractivity contribution in [3.63, 3.8) is 0 Å². The highest BCUT2D eigenvalue weighted by molar-refractivity contribution is 5.91. The van der Waals surface area contributed by atoms with Gasteiger partial charge in [0, 0.05) is 6.04 Å². The van der Waals surface area contributed by atoms with Gasteiger partial charge in [-0.3, -0.25) is 4.79 Å². The minimum Gasteiger partial charge on any atom is -0.384 e. The number of aromatic nitrogens is 3. The third-order valence-corrected chi connectivity index (χ3v) is 2.53. The summed E-state index contributed by atoms with van der Waals surface area (Å²) < 4.78 is 4.99. The third kappa shape index (κ3) is 2.15. The standard InChI is InChI=1S/C11H11N5O2/c12-8-3-1-2-7(14-8)11-15-9(16-18-11)10(17)13-6-4-5-6/h1-3,6H,4-5H2,(H2,12,14)(H,13,17). The Labute approximate surface area is 102 Å². The van der Waals surface area contributed by atoms with Crippen LogP contribution in [-0.4, -0.2) is 27.1 Å².